The lowest BCUT2D eigenvalue weighted by molar-refractivity contribution is -0.907. The minimum Gasteiger partial charge on any atom is -0.507 e. The number of quaternary nitrogens is 1. The van der Waals surface area contributed by atoms with Crippen LogP contribution < -0.4 is 10.5 Å². The van der Waals surface area contributed by atoms with Gasteiger partial charge in [0.15, 0.2) is 5.58 Å². The molecule has 4 heteroatoms. The van der Waals surface area contributed by atoms with Gasteiger partial charge in [0.25, 0.3) is 0 Å². The molecular formula is C21H24NO3+. The molecule has 0 radical (unpaired) electrons. The highest BCUT2D eigenvalue weighted by atomic mass is 16.4. The molecule has 130 valence electrons. The summed E-state index contributed by atoms with van der Waals surface area (Å²) in [4.78, 5) is 13.1. The maximum absolute atomic E-state index is 11.8. The Kier molecular flexibility index (Phi) is 4.91. The SMILES string of the molecule is CCc1cc2c(C)cc(=O)oc2c(C[NH+](C)Cc2ccccc2)c1O. The van der Waals surface area contributed by atoms with E-state index in [-0.39, 0.29) is 11.4 Å². The van der Waals surface area contributed by atoms with Crippen molar-refractivity contribution in [1.82, 2.24) is 0 Å². The lowest BCUT2D eigenvalue weighted by atomic mass is 9.99. The van der Waals surface area contributed by atoms with E-state index in [0.717, 1.165) is 29.5 Å². The molecule has 1 unspecified atom stereocenters. The largest absolute Gasteiger partial charge is 0.507 e. The summed E-state index contributed by atoms with van der Waals surface area (Å²) >= 11 is 0. The monoisotopic (exact) mass is 338 g/mol. The lowest BCUT2D eigenvalue weighted by Gasteiger charge is -2.18. The van der Waals surface area contributed by atoms with E-state index >= 15 is 0 Å². The zero-order chi connectivity index (χ0) is 18.0. The predicted octanol–water partition coefficient (Wildman–Crippen LogP) is 2.58. The topological polar surface area (TPSA) is 54.9 Å². The number of rotatable bonds is 5. The van der Waals surface area contributed by atoms with Crippen LogP contribution in [0.25, 0.3) is 11.0 Å². The third kappa shape index (κ3) is 3.59. The zero-order valence-electron chi connectivity index (χ0n) is 14.9. The third-order valence-corrected chi connectivity index (χ3v) is 4.60. The van der Waals surface area contributed by atoms with Crippen LogP contribution in [0.2, 0.25) is 0 Å². The number of hydrogen-bond acceptors (Lipinski definition) is 3. The van der Waals surface area contributed by atoms with E-state index in [2.05, 4.69) is 19.2 Å². The lowest BCUT2D eigenvalue weighted by Crippen LogP contribution is -3.06. The van der Waals surface area contributed by atoms with Crippen LogP contribution in [0, 0.1) is 6.92 Å². The molecule has 0 amide bonds. The first kappa shape index (κ1) is 17.2. The van der Waals surface area contributed by atoms with E-state index in [0.29, 0.717) is 17.7 Å². The van der Waals surface area contributed by atoms with Crippen molar-refractivity contribution >= 4 is 11.0 Å². The van der Waals surface area contributed by atoms with Gasteiger partial charge in [0, 0.05) is 17.0 Å². The van der Waals surface area contributed by atoms with Gasteiger partial charge in [0.05, 0.1) is 12.6 Å². The Morgan fingerprint density at radius 1 is 1.12 bits per heavy atom. The third-order valence-electron chi connectivity index (χ3n) is 4.60. The smallest absolute Gasteiger partial charge is 0.336 e. The number of aromatic hydroxyl groups is 1. The summed E-state index contributed by atoms with van der Waals surface area (Å²) in [5.74, 6) is 0.246. The van der Waals surface area contributed by atoms with Crippen LogP contribution in [0.5, 0.6) is 5.75 Å². The summed E-state index contributed by atoms with van der Waals surface area (Å²) < 4.78 is 5.48. The quantitative estimate of drug-likeness (QED) is 0.703. The van der Waals surface area contributed by atoms with E-state index in [4.69, 9.17) is 4.42 Å². The van der Waals surface area contributed by atoms with E-state index in [9.17, 15) is 9.90 Å². The molecule has 0 aliphatic heterocycles. The fourth-order valence-electron chi connectivity index (χ4n) is 3.31. The Morgan fingerprint density at radius 2 is 1.84 bits per heavy atom. The first-order chi connectivity index (χ1) is 12.0. The van der Waals surface area contributed by atoms with Crippen molar-refractivity contribution in [3.05, 3.63) is 75.1 Å². The van der Waals surface area contributed by atoms with Gasteiger partial charge in [-0.05, 0) is 30.5 Å². The Labute approximate surface area is 147 Å². The summed E-state index contributed by atoms with van der Waals surface area (Å²) in [6, 6.07) is 13.7. The first-order valence-corrected chi connectivity index (χ1v) is 8.63. The molecule has 0 saturated carbocycles. The summed E-state index contributed by atoms with van der Waals surface area (Å²) in [6.07, 6.45) is 0.727. The fourth-order valence-corrected chi connectivity index (χ4v) is 3.31. The highest BCUT2D eigenvalue weighted by Crippen LogP contribution is 2.32. The Bertz CT molecular complexity index is 945. The molecule has 0 spiro atoms. The van der Waals surface area contributed by atoms with Gasteiger partial charge >= 0.3 is 5.63 Å². The molecule has 0 saturated heterocycles. The fraction of sp³-hybridized carbons (Fsp3) is 0.286. The molecule has 3 rings (SSSR count). The van der Waals surface area contributed by atoms with Crippen LogP contribution in [0.1, 0.15) is 29.2 Å². The average Bonchev–Trinajstić information content (AvgIpc) is 2.58. The molecule has 2 N–H and O–H groups in total. The summed E-state index contributed by atoms with van der Waals surface area (Å²) in [6.45, 7) is 5.32. The Balaban J connectivity index is 2.04. The second-order valence-corrected chi connectivity index (χ2v) is 6.64. The molecule has 4 nitrogen and oxygen atoms in total. The standard InChI is InChI=1S/C21H23NO3/c1-4-16-11-17-14(2)10-19(23)25-21(17)18(20(16)24)13-22(3)12-15-8-6-5-7-9-15/h5-11,24H,4,12-13H2,1-3H3/p+1. The highest BCUT2D eigenvalue weighted by Gasteiger charge is 2.19. The molecule has 1 atom stereocenters. The number of fused-ring (bicyclic) bond motifs is 1. The van der Waals surface area contributed by atoms with Gasteiger partial charge in [-0.15, -0.1) is 0 Å². The number of benzene rings is 2. The van der Waals surface area contributed by atoms with Gasteiger partial charge < -0.3 is 14.4 Å². The Morgan fingerprint density at radius 3 is 2.52 bits per heavy atom. The van der Waals surface area contributed by atoms with Crippen molar-refractivity contribution in [3.8, 4) is 5.75 Å². The second-order valence-electron chi connectivity index (χ2n) is 6.64. The van der Waals surface area contributed by atoms with Gasteiger partial charge in [0.1, 0.15) is 18.8 Å². The second kappa shape index (κ2) is 7.11. The van der Waals surface area contributed by atoms with E-state index in [1.54, 1.807) is 0 Å². The van der Waals surface area contributed by atoms with Crippen LogP contribution in [-0.4, -0.2) is 12.2 Å². The van der Waals surface area contributed by atoms with E-state index < -0.39 is 0 Å². The number of nitrogens with one attached hydrogen (secondary N) is 1. The van der Waals surface area contributed by atoms with Crippen molar-refractivity contribution in [2.45, 2.75) is 33.4 Å². The van der Waals surface area contributed by atoms with Crippen molar-refractivity contribution < 1.29 is 14.4 Å². The number of phenolic OH excluding ortho intramolecular Hbond substituents is 1. The van der Waals surface area contributed by atoms with E-state index in [1.165, 1.54) is 16.5 Å². The van der Waals surface area contributed by atoms with Gasteiger partial charge in [-0.3, -0.25) is 0 Å². The van der Waals surface area contributed by atoms with Crippen LogP contribution in [0.15, 0.2) is 51.7 Å². The molecule has 0 aliphatic carbocycles. The highest BCUT2D eigenvalue weighted by molar-refractivity contribution is 5.86. The van der Waals surface area contributed by atoms with Gasteiger partial charge in [-0.1, -0.05) is 37.3 Å². The molecule has 1 heterocycles. The molecular weight excluding hydrogens is 314 g/mol. The van der Waals surface area contributed by atoms with Crippen LogP contribution in [-0.2, 0) is 19.5 Å². The van der Waals surface area contributed by atoms with Crippen LogP contribution in [0.4, 0.5) is 0 Å². The normalized spacial score (nSPS) is 12.4. The van der Waals surface area contributed by atoms with E-state index in [1.807, 2.05) is 38.1 Å². The van der Waals surface area contributed by atoms with Crippen LogP contribution in [0.3, 0.4) is 0 Å². The number of phenols is 1. The Hall–Kier alpha value is -2.59. The van der Waals surface area contributed by atoms with Gasteiger partial charge in [-0.25, -0.2) is 4.79 Å². The molecule has 0 fully saturated rings. The minimum atomic E-state index is -0.379. The summed E-state index contributed by atoms with van der Waals surface area (Å²) in [5.41, 5.74) is 3.83. The molecule has 0 bridgehead atoms. The number of hydrogen-bond donors (Lipinski definition) is 2. The predicted molar refractivity (Wildman–Crippen MR) is 99.0 cm³/mol. The van der Waals surface area contributed by atoms with Crippen molar-refractivity contribution in [2.75, 3.05) is 7.05 Å². The molecule has 0 aliphatic rings. The molecule has 3 aromatic rings. The zero-order valence-corrected chi connectivity index (χ0v) is 14.9. The van der Waals surface area contributed by atoms with Gasteiger partial charge in [0.2, 0.25) is 0 Å². The van der Waals surface area contributed by atoms with Crippen molar-refractivity contribution in [2.24, 2.45) is 0 Å². The molecule has 2 aromatic carbocycles. The summed E-state index contributed by atoms with van der Waals surface area (Å²) in [7, 11) is 2.07. The van der Waals surface area contributed by atoms with Crippen LogP contribution >= 0.6 is 0 Å². The minimum absolute atomic E-state index is 0.246. The van der Waals surface area contributed by atoms with Crippen molar-refractivity contribution in [1.29, 1.82) is 0 Å². The first-order valence-electron chi connectivity index (χ1n) is 8.63. The number of aryl methyl sites for hydroxylation is 2. The maximum Gasteiger partial charge on any atom is 0.336 e. The van der Waals surface area contributed by atoms with Gasteiger partial charge in [-0.2, -0.15) is 0 Å². The van der Waals surface area contributed by atoms with Crippen molar-refractivity contribution in [3.63, 3.8) is 0 Å². The average molecular weight is 338 g/mol. The summed E-state index contributed by atoms with van der Waals surface area (Å²) in [5, 5.41) is 11.6. The molecule has 25 heavy (non-hydrogen) atoms. The molecule has 1 aromatic heterocycles. The maximum atomic E-state index is 11.8.